The number of likely N-dealkylation sites (N-methyl/N-ethyl adjacent to an activating group) is 1. The van der Waals surface area contributed by atoms with Crippen molar-refractivity contribution in [2.45, 2.75) is 25.9 Å². The maximum absolute atomic E-state index is 5.72. The number of nitrogens with two attached hydrogens (primary N) is 1. The van der Waals surface area contributed by atoms with Gasteiger partial charge in [0.05, 0.1) is 18.8 Å². The zero-order chi connectivity index (χ0) is 10.8. The third-order valence-electron chi connectivity index (χ3n) is 2.75. The summed E-state index contributed by atoms with van der Waals surface area (Å²) >= 11 is 0. The smallest absolute Gasteiger partial charge is 0.191 e. The van der Waals surface area contributed by atoms with E-state index in [-0.39, 0.29) is 6.04 Å². The van der Waals surface area contributed by atoms with E-state index in [1.807, 2.05) is 22.8 Å². The van der Waals surface area contributed by atoms with E-state index in [2.05, 4.69) is 23.2 Å². The minimum atomic E-state index is 0.260. The van der Waals surface area contributed by atoms with Crippen LogP contribution in [0.5, 0.6) is 0 Å². The van der Waals surface area contributed by atoms with Crippen molar-refractivity contribution in [3.8, 4) is 0 Å². The van der Waals surface area contributed by atoms with Crippen molar-refractivity contribution < 1.29 is 0 Å². The van der Waals surface area contributed by atoms with Gasteiger partial charge in [-0.1, -0.05) is 6.92 Å². The molecule has 0 saturated heterocycles. The number of aryl methyl sites for hydroxylation is 1. The average molecular weight is 207 g/mol. The van der Waals surface area contributed by atoms with Crippen molar-refractivity contribution in [2.24, 2.45) is 10.7 Å². The summed E-state index contributed by atoms with van der Waals surface area (Å²) in [5.41, 5.74) is 6.91. The second kappa shape index (κ2) is 3.92. The fourth-order valence-electron chi connectivity index (χ4n) is 1.81. The minimum Gasteiger partial charge on any atom is -0.370 e. The van der Waals surface area contributed by atoms with Crippen LogP contribution in [0.2, 0.25) is 0 Å². The lowest BCUT2D eigenvalue weighted by molar-refractivity contribution is 0.413. The highest BCUT2D eigenvalue weighted by Crippen LogP contribution is 2.23. The first-order valence-electron chi connectivity index (χ1n) is 5.27. The van der Waals surface area contributed by atoms with E-state index in [0.717, 1.165) is 19.5 Å². The van der Waals surface area contributed by atoms with Crippen LogP contribution in [0.3, 0.4) is 0 Å². The molecule has 15 heavy (non-hydrogen) atoms. The second-order valence-corrected chi connectivity index (χ2v) is 3.86. The molecule has 5 heteroatoms. The highest BCUT2D eigenvalue weighted by Gasteiger charge is 2.24. The molecule has 2 N–H and O–H groups in total. The quantitative estimate of drug-likeness (QED) is 0.789. The normalized spacial score (nSPS) is 20.8. The number of aromatic nitrogens is 2. The Bertz CT molecular complexity index is 368. The summed E-state index contributed by atoms with van der Waals surface area (Å²) in [6.45, 7) is 3.84. The van der Waals surface area contributed by atoms with Crippen LogP contribution in [-0.2, 0) is 6.54 Å². The third-order valence-corrected chi connectivity index (χ3v) is 2.75. The van der Waals surface area contributed by atoms with Gasteiger partial charge in [0.25, 0.3) is 0 Å². The summed E-state index contributed by atoms with van der Waals surface area (Å²) in [5, 5.41) is 4.31. The molecule has 2 rings (SSSR count). The highest BCUT2D eigenvalue weighted by molar-refractivity contribution is 5.80. The summed E-state index contributed by atoms with van der Waals surface area (Å²) in [5.74, 6) is 0.614. The predicted octanol–water partition coefficient (Wildman–Crippen LogP) is 0.594. The molecular weight excluding hydrogens is 190 g/mol. The molecular formula is C10H17N5. The Balaban J connectivity index is 2.10. The predicted molar refractivity (Wildman–Crippen MR) is 59.5 cm³/mol. The molecule has 5 nitrogen and oxygen atoms in total. The first-order chi connectivity index (χ1) is 7.22. The number of hydrogen-bond acceptors (Lipinski definition) is 4. The molecule has 0 fully saturated rings. The van der Waals surface area contributed by atoms with Gasteiger partial charge < -0.3 is 10.6 Å². The second-order valence-electron chi connectivity index (χ2n) is 3.86. The van der Waals surface area contributed by atoms with Gasteiger partial charge in [-0.2, -0.15) is 5.10 Å². The van der Waals surface area contributed by atoms with Crippen molar-refractivity contribution in [3.05, 3.63) is 18.0 Å². The van der Waals surface area contributed by atoms with Crippen molar-refractivity contribution in [3.63, 3.8) is 0 Å². The number of hydrogen-bond donors (Lipinski definition) is 1. The number of rotatable bonds is 3. The van der Waals surface area contributed by atoms with Crippen molar-refractivity contribution in [1.29, 1.82) is 0 Å². The van der Waals surface area contributed by atoms with Crippen LogP contribution in [0.25, 0.3) is 0 Å². The Morgan fingerprint density at radius 1 is 1.60 bits per heavy atom. The van der Waals surface area contributed by atoms with E-state index >= 15 is 0 Å². The standard InChI is InChI=1S/C10H17N5/c1-3-4-15-7-8(5-13-15)9-6-12-10(11)14(9)2/h5,7,9H,3-4,6H2,1-2H3,(H2,11,12). The van der Waals surface area contributed by atoms with Crippen LogP contribution in [0.15, 0.2) is 17.4 Å². The summed E-state index contributed by atoms with van der Waals surface area (Å²) in [6.07, 6.45) is 5.09. The van der Waals surface area contributed by atoms with E-state index in [9.17, 15) is 0 Å². The van der Waals surface area contributed by atoms with Gasteiger partial charge in [0.2, 0.25) is 0 Å². The molecule has 0 amide bonds. The van der Waals surface area contributed by atoms with Crippen molar-refractivity contribution >= 4 is 5.96 Å². The lowest BCUT2D eigenvalue weighted by Crippen LogP contribution is -2.32. The number of guanidine groups is 1. The van der Waals surface area contributed by atoms with Crippen molar-refractivity contribution in [2.75, 3.05) is 13.6 Å². The first-order valence-corrected chi connectivity index (χ1v) is 5.27. The van der Waals surface area contributed by atoms with E-state index in [4.69, 9.17) is 5.73 Å². The fraction of sp³-hybridized carbons (Fsp3) is 0.600. The number of nitrogens with zero attached hydrogens (tertiary/aromatic N) is 4. The fourth-order valence-corrected chi connectivity index (χ4v) is 1.81. The molecule has 1 aromatic heterocycles. The largest absolute Gasteiger partial charge is 0.370 e. The zero-order valence-electron chi connectivity index (χ0n) is 9.22. The molecule has 82 valence electrons. The Hall–Kier alpha value is -1.52. The molecule has 0 aromatic carbocycles. The summed E-state index contributed by atoms with van der Waals surface area (Å²) in [7, 11) is 1.97. The molecule has 1 aromatic rings. The van der Waals surface area contributed by atoms with E-state index in [1.165, 1.54) is 5.56 Å². The molecule has 1 aliphatic rings. The Morgan fingerprint density at radius 3 is 3.00 bits per heavy atom. The molecule has 0 spiro atoms. The van der Waals surface area contributed by atoms with Gasteiger partial charge in [-0.15, -0.1) is 0 Å². The molecule has 1 aliphatic heterocycles. The van der Waals surface area contributed by atoms with Gasteiger partial charge in [-0.3, -0.25) is 9.67 Å². The maximum Gasteiger partial charge on any atom is 0.191 e. The van der Waals surface area contributed by atoms with Crippen LogP contribution in [0.4, 0.5) is 0 Å². The Labute approximate surface area is 89.6 Å². The van der Waals surface area contributed by atoms with Gasteiger partial charge in [-0.25, -0.2) is 0 Å². The van der Waals surface area contributed by atoms with E-state index in [1.54, 1.807) is 0 Å². The van der Waals surface area contributed by atoms with Crippen LogP contribution in [0, 0.1) is 0 Å². The molecule has 1 atom stereocenters. The molecule has 0 radical (unpaired) electrons. The van der Waals surface area contributed by atoms with Gasteiger partial charge in [0.1, 0.15) is 0 Å². The van der Waals surface area contributed by atoms with Gasteiger partial charge in [-0.05, 0) is 6.42 Å². The Morgan fingerprint density at radius 2 is 2.40 bits per heavy atom. The van der Waals surface area contributed by atoms with Crippen LogP contribution in [-0.4, -0.2) is 34.2 Å². The lowest BCUT2D eigenvalue weighted by atomic mass is 10.1. The van der Waals surface area contributed by atoms with Gasteiger partial charge in [0, 0.05) is 25.4 Å². The SMILES string of the molecule is CCCn1cc(C2CN=C(N)N2C)cn1. The maximum atomic E-state index is 5.72. The topological polar surface area (TPSA) is 59.4 Å². The van der Waals surface area contributed by atoms with E-state index in [0.29, 0.717) is 5.96 Å². The van der Waals surface area contributed by atoms with Crippen LogP contribution >= 0.6 is 0 Å². The van der Waals surface area contributed by atoms with E-state index < -0.39 is 0 Å². The highest BCUT2D eigenvalue weighted by atomic mass is 15.3. The summed E-state index contributed by atoms with van der Waals surface area (Å²) < 4.78 is 1.97. The molecule has 0 bridgehead atoms. The average Bonchev–Trinajstić information content (AvgIpc) is 2.77. The van der Waals surface area contributed by atoms with Crippen LogP contribution in [0.1, 0.15) is 24.9 Å². The zero-order valence-corrected chi connectivity index (χ0v) is 9.22. The summed E-state index contributed by atoms with van der Waals surface area (Å²) in [6, 6.07) is 0.260. The molecule has 2 heterocycles. The van der Waals surface area contributed by atoms with Crippen LogP contribution < -0.4 is 5.73 Å². The monoisotopic (exact) mass is 207 g/mol. The number of aliphatic imine (C=N–C) groups is 1. The molecule has 0 aliphatic carbocycles. The lowest BCUT2D eigenvalue weighted by Gasteiger charge is -2.19. The van der Waals surface area contributed by atoms with Gasteiger partial charge >= 0.3 is 0 Å². The van der Waals surface area contributed by atoms with Crippen molar-refractivity contribution in [1.82, 2.24) is 14.7 Å². The summed E-state index contributed by atoms with van der Waals surface area (Å²) in [4.78, 5) is 6.21. The van der Waals surface area contributed by atoms with Gasteiger partial charge in [0.15, 0.2) is 5.96 Å². The molecule has 0 saturated carbocycles. The third kappa shape index (κ3) is 1.82. The first kappa shape index (κ1) is 10.0. The molecule has 1 unspecified atom stereocenters. The Kier molecular flexibility index (Phi) is 2.62. The minimum absolute atomic E-state index is 0.260.